The summed E-state index contributed by atoms with van der Waals surface area (Å²) in [5.74, 6) is 0.654. The first-order valence-electron chi connectivity index (χ1n) is 8.55. The van der Waals surface area contributed by atoms with Gasteiger partial charge in [-0.25, -0.2) is 4.98 Å². The molecule has 0 radical (unpaired) electrons. The number of aromatic nitrogens is 3. The normalized spacial score (nSPS) is 17.2. The first-order valence-corrected chi connectivity index (χ1v) is 9.43. The van der Waals surface area contributed by atoms with Gasteiger partial charge in [0.15, 0.2) is 0 Å². The van der Waals surface area contributed by atoms with Crippen molar-refractivity contribution >= 4 is 17.2 Å². The Hall–Kier alpha value is -2.80. The van der Waals surface area contributed by atoms with Crippen LogP contribution in [0.2, 0.25) is 0 Å². The largest absolute Gasteiger partial charge is 0.338 e. The molecule has 3 aromatic rings. The van der Waals surface area contributed by atoms with Crippen LogP contribution in [0.1, 0.15) is 34.9 Å². The summed E-state index contributed by atoms with van der Waals surface area (Å²) in [7, 11) is 0. The molecule has 0 spiro atoms. The molecule has 1 aliphatic heterocycles. The van der Waals surface area contributed by atoms with E-state index in [1.165, 1.54) is 6.07 Å². The van der Waals surface area contributed by atoms with Crippen molar-refractivity contribution in [2.45, 2.75) is 18.8 Å². The van der Waals surface area contributed by atoms with Gasteiger partial charge in [-0.3, -0.25) is 14.6 Å². The lowest BCUT2D eigenvalue weighted by Crippen LogP contribution is -2.40. The maximum Gasteiger partial charge on any atom is 0.255 e. The van der Waals surface area contributed by atoms with E-state index in [2.05, 4.69) is 15.0 Å². The molecule has 0 saturated carbocycles. The van der Waals surface area contributed by atoms with Crippen molar-refractivity contribution in [3.8, 4) is 10.6 Å². The molecule has 1 aliphatic rings. The molecule has 1 atom stereocenters. The van der Waals surface area contributed by atoms with Crippen LogP contribution < -0.4 is 5.56 Å². The van der Waals surface area contributed by atoms with Crippen LogP contribution in [-0.4, -0.2) is 38.8 Å². The number of piperidine rings is 1. The number of pyridine rings is 1. The molecule has 0 unspecified atom stereocenters. The molecule has 4 rings (SSSR count). The fraction of sp³-hybridized carbons (Fsp3) is 0.263. The Bertz CT molecular complexity index is 953. The van der Waals surface area contributed by atoms with E-state index in [0.717, 1.165) is 17.7 Å². The first kappa shape index (κ1) is 16.7. The smallest absolute Gasteiger partial charge is 0.255 e. The van der Waals surface area contributed by atoms with Crippen LogP contribution in [0.5, 0.6) is 0 Å². The second-order valence-electron chi connectivity index (χ2n) is 6.33. The topological polar surface area (TPSA) is 79.0 Å². The van der Waals surface area contributed by atoms with Gasteiger partial charge in [-0.2, -0.15) is 0 Å². The van der Waals surface area contributed by atoms with E-state index in [-0.39, 0.29) is 17.4 Å². The van der Waals surface area contributed by atoms with Gasteiger partial charge in [-0.15, -0.1) is 11.3 Å². The number of H-pyrrole nitrogens is 1. The van der Waals surface area contributed by atoms with Crippen molar-refractivity contribution in [3.05, 3.63) is 69.8 Å². The Morgan fingerprint density at radius 1 is 1.31 bits per heavy atom. The Balaban J connectivity index is 1.58. The lowest BCUT2D eigenvalue weighted by molar-refractivity contribution is 0.0704. The molecule has 3 aromatic heterocycles. The zero-order valence-corrected chi connectivity index (χ0v) is 14.9. The number of hydrogen-bond acceptors (Lipinski definition) is 5. The monoisotopic (exact) mass is 366 g/mol. The standard InChI is InChI=1S/C19H18N4O2S/c24-17-10-15(16-6-3-9-26-16)21-18(22-17)14-5-2-8-23(12-14)19(25)13-4-1-7-20-11-13/h1,3-4,6-7,9-11,14H,2,5,8,12H2,(H,21,22,24)/t14-/m1/s1. The first-order chi connectivity index (χ1) is 12.7. The van der Waals surface area contributed by atoms with Gasteiger partial charge in [0.25, 0.3) is 11.5 Å². The number of thiophene rings is 1. The SMILES string of the molecule is O=C(c1cccnc1)N1CCC[C@@H](c2nc(-c3cccs3)cc(=O)[nH]2)C1. The van der Waals surface area contributed by atoms with Crippen molar-refractivity contribution in [2.24, 2.45) is 0 Å². The minimum Gasteiger partial charge on any atom is -0.338 e. The van der Waals surface area contributed by atoms with E-state index in [0.29, 0.717) is 30.2 Å². The summed E-state index contributed by atoms with van der Waals surface area (Å²) in [6.07, 6.45) is 5.02. The molecule has 0 aliphatic carbocycles. The van der Waals surface area contributed by atoms with E-state index in [1.807, 2.05) is 22.4 Å². The van der Waals surface area contributed by atoms with Gasteiger partial charge in [0, 0.05) is 37.5 Å². The molecule has 6 nitrogen and oxygen atoms in total. The molecule has 26 heavy (non-hydrogen) atoms. The zero-order valence-electron chi connectivity index (χ0n) is 14.1. The molecular formula is C19H18N4O2S. The Morgan fingerprint density at radius 3 is 3.00 bits per heavy atom. The van der Waals surface area contributed by atoms with Crippen molar-refractivity contribution in [1.29, 1.82) is 0 Å². The second-order valence-corrected chi connectivity index (χ2v) is 7.27. The summed E-state index contributed by atoms with van der Waals surface area (Å²) >= 11 is 1.56. The van der Waals surface area contributed by atoms with Crippen molar-refractivity contribution < 1.29 is 4.79 Å². The predicted molar refractivity (Wildman–Crippen MR) is 100 cm³/mol. The molecule has 4 heterocycles. The van der Waals surface area contributed by atoms with Crippen molar-refractivity contribution in [1.82, 2.24) is 19.9 Å². The average molecular weight is 366 g/mol. The number of rotatable bonds is 3. The van der Waals surface area contributed by atoms with Crippen LogP contribution in [0.4, 0.5) is 0 Å². The fourth-order valence-electron chi connectivity index (χ4n) is 3.28. The number of nitrogens with one attached hydrogen (secondary N) is 1. The molecule has 0 bridgehead atoms. The van der Waals surface area contributed by atoms with Gasteiger partial charge < -0.3 is 9.88 Å². The third-order valence-electron chi connectivity index (χ3n) is 4.54. The van der Waals surface area contributed by atoms with E-state index in [4.69, 9.17) is 0 Å². The van der Waals surface area contributed by atoms with E-state index < -0.39 is 0 Å². The fourth-order valence-corrected chi connectivity index (χ4v) is 3.96. The summed E-state index contributed by atoms with van der Waals surface area (Å²) in [6.45, 7) is 1.25. The van der Waals surface area contributed by atoms with E-state index in [9.17, 15) is 9.59 Å². The molecule has 1 fully saturated rings. The van der Waals surface area contributed by atoms with Crippen LogP contribution in [0, 0.1) is 0 Å². The highest BCUT2D eigenvalue weighted by atomic mass is 32.1. The predicted octanol–water partition coefficient (Wildman–Crippen LogP) is 2.91. The van der Waals surface area contributed by atoms with Crippen LogP contribution >= 0.6 is 11.3 Å². The third-order valence-corrected chi connectivity index (χ3v) is 5.43. The van der Waals surface area contributed by atoms with Gasteiger partial charge >= 0.3 is 0 Å². The summed E-state index contributed by atoms with van der Waals surface area (Å²) in [5, 5.41) is 1.97. The second kappa shape index (κ2) is 7.21. The summed E-state index contributed by atoms with van der Waals surface area (Å²) in [6, 6.07) is 8.96. The van der Waals surface area contributed by atoms with Gasteiger partial charge in [-0.1, -0.05) is 6.07 Å². The quantitative estimate of drug-likeness (QED) is 0.773. The summed E-state index contributed by atoms with van der Waals surface area (Å²) < 4.78 is 0. The Morgan fingerprint density at radius 2 is 2.23 bits per heavy atom. The van der Waals surface area contributed by atoms with E-state index in [1.54, 1.807) is 35.9 Å². The van der Waals surface area contributed by atoms with Crippen LogP contribution in [-0.2, 0) is 0 Å². The highest BCUT2D eigenvalue weighted by Gasteiger charge is 2.27. The zero-order chi connectivity index (χ0) is 17.9. The molecule has 7 heteroatoms. The van der Waals surface area contributed by atoms with Crippen molar-refractivity contribution in [2.75, 3.05) is 13.1 Å². The maximum absolute atomic E-state index is 12.7. The van der Waals surface area contributed by atoms with E-state index >= 15 is 0 Å². The summed E-state index contributed by atoms with van der Waals surface area (Å²) in [5.41, 5.74) is 1.12. The number of likely N-dealkylation sites (tertiary alicyclic amines) is 1. The molecule has 1 saturated heterocycles. The Labute approximate surface area is 154 Å². The third kappa shape index (κ3) is 3.43. The number of amides is 1. The van der Waals surface area contributed by atoms with Crippen LogP contribution in [0.3, 0.4) is 0 Å². The number of nitrogens with zero attached hydrogens (tertiary/aromatic N) is 3. The van der Waals surface area contributed by atoms with Gasteiger partial charge in [0.2, 0.25) is 0 Å². The highest BCUT2D eigenvalue weighted by molar-refractivity contribution is 7.13. The molecule has 1 amide bonds. The Kier molecular flexibility index (Phi) is 4.62. The van der Waals surface area contributed by atoms with Gasteiger partial charge in [-0.05, 0) is 36.4 Å². The van der Waals surface area contributed by atoms with Gasteiger partial charge in [0.1, 0.15) is 5.82 Å². The maximum atomic E-state index is 12.7. The number of aromatic amines is 1. The highest BCUT2D eigenvalue weighted by Crippen LogP contribution is 2.27. The molecule has 132 valence electrons. The lowest BCUT2D eigenvalue weighted by Gasteiger charge is -2.32. The number of carbonyl (C=O) groups is 1. The van der Waals surface area contributed by atoms with Gasteiger partial charge in [0.05, 0.1) is 16.1 Å². The summed E-state index contributed by atoms with van der Waals surface area (Å²) in [4.78, 5) is 39.2. The average Bonchev–Trinajstić information content (AvgIpc) is 3.23. The van der Waals surface area contributed by atoms with Crippen molar-refractivity contribution in [3.63, 3.8) is 0 Å². The lowest BCUT2D eigenvalue weighted by atomic mass is 9.96. The number of hydrogen-bond donors (Lipinski definition) is 1. The molecule has 0 aromatic carbocycles. The minimum atomic E-state index is -0.158. The van der Waals surface area contributed by atoms with Crippen LogP contribution in [0.25, 0.3) is 10.6 Å². The minimum absolute atomic E-state index is 0.0250. The van der Waals surface area contributed by atoms with Crippen LogP contribution in [0.15, 0.2) is 52.9 Å². The number of carbonyl (C=O) groups excluding carboxylic acids is 1. The molecule has 1 N–H and O–H groups in total. The molecular weight excluding hydrogens is 348 g/mol.